The standard InChI is InChI=1S/C27H28Si/c1-20-21(2)23(4)27(22(20)3)28(24-14-8-5-9-15-24,25-16-10-6-11-17-25)26-18-12-7-13-19-26/h5-19,22H,1-4H3. The third kappa shape index (κ3) is 2.73. The number of hydrogen-bond acceptors (Lipinski definition) is 0. The van der Waals surface area contributed by atoms with Crippen molar-refractivity contribution in [3.05, 3.63) is 113 Å². The van der Waals surface area contributed by atoms with E-state index in [0.717, 1.165) is 0 Å². The fourth-order valence-electron chi connectivity index (χ4n) is 5.00. The first-order valence-electron chi connectivity index (χ1n) is 10.1. The fraction of sp³-hybridized carbons (Fsp3) is 0.185. The van der Waals surface area contributed by atoms with Crippen molar-refractivity contribution in [2.75, 3.05) is 0 Å². The van der Waals surface area contributed by atoms with Gasteiger partial charge in [-0.1, -0.05) is 114 Å². The Labute approximate surface area is 170 Å². The maximum atomic E-state index is 2.40. The third-order valence-electron chi connectivity index (χ3n) is 6.66. The van der Waals surface area contributed by atoms with Gasteiger partial charge < -0.3 is 0 Å². The lowest BCUT2D eigenvalue weighted by atomic mass is 10.1. The molecule has 3 aromatic rings. The van der Waals surface area contributed by atoms with Gasteiger partial charge in [0.2, 0.25) is 0 Å². The van der Waals surface area contributed by atoms with Gasteiger partial charge in [0, 0.05) is 0 Å². The third-order valence-corrected chi connectivity index (χ3v) is 11.9. The average molecular weight is 381 g/mol. The van der Waals surface area contributed by atoms with Crippen LogP contribution in [0.2, 0.25) is 0 Å². The molecule has 0 nitrogen and oxygen atoms in total. The molecule has 0 aromatic heterocycles. The highest BCUT2D eigenvalue weighted by atomic mass is 28.3. The van der Waals surface area contributed by atoms with Crippen molar-refractivity contribution in [3.8, 4) is 0 Å². The average Bonchev–Trinajstić information content (AvgIpc) is 2.95. The molecule has 28 heavy (non-hydrogen) atoms. The lowest BCUT2D eigenvalue weighted by Crippen LogP contribution is -2.69. The number of rotatable bonds is 4. The Morgan fingerprint density at radius 3 is 1.18 bits per heavy atom. The first-order chi connectivity index (χ1) is 13.6. The van der Waals surface area contributed by atoms with Crippen LogP contribution in [0.4, 0.5) is 0 Å². The Morgan fingerprint density at radius 2 is 0.893 bits per heavy atom. The molecular formula is C27H28Si. The summed E-state index contributed by atoms with van der Waals surface area (Å²) in [6.07, 6.45) is 0. The van der Waals surface area contributed by atoms with E-state index in [0.29, 0.717) is 5.92 Å². The summed E-state index contributed by atoms with van der Waals surface area (Å²) < 4.78 is 0. The zero-order chi connectivity index (χ0) is 19.7. The summed E-state index contributed by atoms with van der Waals surface area (Å²) in [6.45, 7) is 9.36. The van der Waals surface area contributed by atoms with Crippen molar-refractivity contribution in [1.29, 1.82) is 0 Å². The van der Waals surface area contributed by atoms with Crippen molar-refractivity contribution in [3.63, 3.8) is 0 Å². The van der Waals surface area contributed by atoms with Crippen LogP contribution in [0.1, 0.15) is 27.7 Å². The van der Waals surface area contributed by atoms with E-state index in [2.05, 4.69) is 119 Å². The van der Waals surface area contributed by atoms with E-state index in [1.54, 1.807) is 5.20 Å². The van der Waals surface area contributed by atoms with Crippen LogP contribution in [0.5, 0.6) is 0 Å². The van der Waals surface area contributed by atoms with Gasteiger partial charge in [-0.2, -0.15) is 0 Å². The Hall–Kier alpha value is -2.64. The zero-order valence-electron chi connectivity index (χ0n) is 17.2. The highest BCUT2D eigenvalue weighted by Gasteiger charge is 2.47. The summed E-state index contributed by atoms with van der Waals surface area (Å²) in [7, 11) is -2.36. The van der Waals surface area contributed by atoms with Crippen molar-refractivity contribution < 1.29 is 0 Å². The van der Waals surface area contributed by atoms with Crippen molar-refractivity contribution in [2.24, 2.45) is 5.92 Å². The van der Waals surface area contributed by atoms with Crippen LogP contribution < -0.4 is 15.6 Å². The van der Waals surface area contributed by atoms with Crippen molar-refractivity contribution in [2.45, 2.75) is 27.7 Å². The van der Waals surface area contributed by atoms with E-state index in [9.17, 15) is 0 Å². The van der Waals surface area contributed by atoms with Gasteiger partial charge in [-0.25, -0.2) is 0 Å². The minimum absolute atomic E-state index is 0.465. The number of allylic oxidation sites excluding steroid dienone is 4. The Bertz CT molecular complexity index is 931. The minimum atomic E-state index is -2.36. The molecule has 3 aromatic carbocycles. The summed E-state index contributed by atoms with van der Waals surface area (Å²) >= 11 is 0. The highest BCUT2D eigenvalue weighted by molar-refractivity contribution is 7.16. The molecule has 0 bridgehead atoms. The SMILES string of the molecule is CC1=C(C)C(C)C([Si](c2ccccc2)(c2ccccc2)c2ccccc2)=C1C. The number of benzene rings is 3. The molecule has 0 saturated heterocycles. The van der Waals surface area contributed by atoms with Crippen LogP contribution in [-0.2, 0) is 0 Å². The number of hydrogen-bond donors (Lipinski definition) is 0. The molecule has 1 heteroatoms. The summed E-state index contributed by atoms with van der Waals surface area (Å²) in [4.78, 5) is 0. The topological polar surface area (TPSA) is 0 Å². The first-order valence-corrected chi connectivity index (χ1v) is 12.1. The van der Waals surface area contributed by atoms with Crippen molar-refractivity contribution >= 4 is 23.6 Å². The molecule has 0 aliphatic heterocycles. The smallest absolute Gasteiger partial charge is 0.0636 e. The minimum Gasteiger partial charge on any atom is -0.0636 e. The highest BCUT2D eigenvalue weighted by Crippen LogP contribution is 2.41. The molecule has 0 N–H and O–H groups in total. The summed E-state index contributed by atoms with van der Waals surface area (Å²) in [6, 6.07) is 33.7. The second kappa shape index (κ2) is 7.41. The molecule has 0 amide bonds. The van der Waals surface area contributed by atoms with E-state index < -0.39 is 8.07 Å². The quantitative estimate of drug-likeness (QED) is 0.441. The molecule has 0 fully saturated rings. The molecule has 0 spiro atoms. The van der Waals surface area contributed by atoms with Gasteiger partial charge in [-0.05, 0) is 47.8 Å². The van der Waals surface area contributed by atoms with E-state index in [1.807, 2.05) is 0 Å². The Morgan fingerprint density at radius 1 is 0.536 bits per heavy atom. The first kappa shape index (κ1) is 18.7. The lowest BCUT2D eigenvalue weighted by Gasteiger charge is -2.38. The molecule has 1 aliphatic carbocycles. The molecule has 1 unspecified atom stereocenters. The summed E-state index contributed by atoms with van der Waals surface area (Å²) in [5.41, 5.74) is 4.49. The van der Waals surface area contributed by atoms with E-state index in [-0.39, 0.29) is 0 Å². The molecule has 1 atom stereocenters. The van der Waals surface area contributed by atoms with Gasteiger partial charge in [0.05, 0.1) is 0 Å². The Balaban J connectivity index is 2.16. The lowest BCUT2D eigenvalue weighted by molar-refractivity contribution is 0.851. The maximum absolute atomic E-state index is 2.40. The normalized spacial score (nSPS) is 17.4. The van der Waals surface area contributed by atoms with E-state index >= 15 is 0 Å². The molecule has 0 heterocycles. The van der Waals surface area contributed by atoms with Crippen LogP contribution in [0, 0.1) is 5.92 Å². The summed E-state index contributed by atoms with van der Waals surface area (Å²) in [5, 5.41) is 6.05. The second-order valence-electron chi connectivity index (χ2n) is 7.92. The molecule has 1 aliphatic rings. The van der Waals surface area contributed by atoms with E-state index in [4.69, 9.17) is 0 Å². The van der Waals surface area contributed by atoms with Crippen LogP contribution in [-0.4, -0.2) is 8.07 Å². The van der Waals surface area contributed by atoms with Gasteiger partial charge in [-0.3, -0.25) is 0 Å². The predicted molar refractivity (Wildman–Crippen MR) is 124 cm³/mol. The zero-order valence-corrected chi connectivity index (χ0v) is 18.2. The largest absolute Gasteiger partial charge is 0.176 e. The molecule has 0 saturated carbocycles. The van der Waals surface area contributed by atoms with Gasteiger partial charge in [0.1, 0.15) is 0 Å². The summed E-state index contributed by atoms with van der Waals surface area (Å²) in [5.74, 6) is 0.465. The Kier molecular flexibility index (Phi) is 4.95. The van der Waals surface area contributed by atoms with Gasteiger partial charge in [0.15, 0.2) is 8.07 Å². The maximum Gasteiger partial charge on any atom is 0.176 e. The molecule has 4 rings (SSSR count). The second-order valence-corrected chi connectivity index (χ2v) is 11.7. The van der Waals surface area contributed by atoms with Crippen LogP contribution in [0.25, 0.3) is 0 Å². The van der Waals surface area contributed by atoms with Crippen molar-refractivity contribution in [1.82, 2.24) is 0 Å². The predicted octanol–water partition coefficient (Wildman–Crippen LogP) is 5.00. The molecular weight excluding hydrogens is 352 g/mol. The fourth-order valence-corrected chi connectivity index (χ4v) is 10.6. The molecule has 0 radical (unpaired) electrons. The van der Waals surface area contributed by atoms with Crippen LogP contribution in [0.3, 0.4) is 0 Å². The molecule has 140 valence electrons. The van der Waals surface area contributed by atoms with Gasteiger partial charge in [0.25, 0.3) is 0 Å². The van der Waals surface area contributed by atoms with Gasteiger partial charge >= 0.3 is 0 Å². The monoisotopic (exact) mass is 380 g/mol. The van der Waals surface area contributed by atoms with Crippen LogP contribution >= 0.6 is 0 Å². The van der Waals surface area contributed by atoms with E-state index in [1.165, 1.54) is 32.3 Å². The van der Waals surface area contributed by atoms with Gasteiger partial charge in [-0.15, -0.1) is 0 Å². The van der Waals surface area contributed by atoms with Crippen LogP contribution in [0.15, 0.2) is 113 Å².